The standard InChI is InChI=1S/C16H24N4O3S/c1-19(9-5-8-17)24(21,22)18-12-16-14-20(10-11-23-16)13-15-6-3-2-4-7-15/h2-4,6-7,16,18H,5,9-14H2,1H3. The summed E-state index contributed by atoms with van der Waals surface area (Å²) in [7, 11) is -2.11. The largest absolute Gasteiger partial charge is 0.374 e. The molecule has 1 N–H and O–H groups in total. The van der Waals surface area contributed by atoms with Crippen LogP contribution in [0.3, 0.4) is 0 Å². The van der Waals surface area contributed by atoms with E-state index in [1.54, 1.807) is 0 Å². The zero-order valence-electron chi connectivity index (χ0n) is 13.9. The van der Waals surface area contributed by atoms with Crippen LogP contribution in [-0.2, 0) is 21.5 Å². The Morgan fingerprint density at radius 3 is 2.88 bits per heavy atom. The molecule has 1 aromatic carbocycles. The lowest BCUT2D eigenvalue weighted by molar-refractivity contribution is -0.0278. The first-order valence-corrected chi connectivity index (χ1v) is 9.41. The maximum absolute atomic E-state index is 12.1. The third-order valence-corrected chi connectivity index (χ3v) is 5.45. The highest BCUT2D eigenvalue weighted by molar-refractivity contribution is 7.87. The fraction of sp³-hybridized carbons (Fsp3) is 0.562. The molecule has 1 atom stereocenters. The quantitative estimate of drug-likeness (QED) is 0.739. The van der Waals surface area contributed by atoms with Gasteiger partial charge in [-0.3, -0.25) is 4.90 Å². The van der Waals surface area contributed by atoms with Gasteiger partial charge in [0.25, 0.3) is 10.2 Å². The number of nitrogens with zero attached hydrogens (tertiary/aromatic N) is 3. The first-order valence-electron chi connectivity index (χ1n) is 7.97. The molecule has 24 heavy (non-hydrogen) atoms. The molecule has 0 bridgehead atoms. The number of benzene rings is 1. The molecular formula is C16H24N4O3S. The van der Waals surface area contributed by atoms with Crippen molar-refractivity contribution < 1.29 is 13.2 Å². The van der Waals surface area contributed by atoms with E-state index in [9.17, 15) is 8.42 Å². The molecule has 0 spiro atoms. The van der Waals surface area contributed by atoms with E-state index in [0.717, 1.165) is 17.4 Å². The van der Waals surface area contributed by atoms with Gasteiger partial charge in [0.15, 0.2) is 0 Å². The summed E-state index contributed by atoms with van der Waals surface area (Å²) in [4.78, 5) is 2.26. The fourth-order valence-electron chi connectivity index (χ4n) is 2.53. The van der Waals surface area contributed by atoms with Gasteiger partial charge in [0.1, 0.15) is 0 Å². The Morgan fingerprint density at radius 1 is 1.42 bits per heavy atom. The smallest absolute Gasteiger partial charge is 0.279 e. The topological polar surface area (TPSA) is 85.7 Å². The van der Waals surface area contributed by atoms with Gasteiger partial charge in [-0.1, -0.05) is 30.3 Å². The predicted molar refractivity (Wildman–Crippen MR) is 91.2 cm³/mol. The number of ether oxygens (including phenoxy) is 1. The lowest BCUT2D eigenvalue weighted by atomic mass is 10.2. The van der Waals surface area contributed by atoms with E-state index < -0.39 is 10.2 Å². The van der Waals surface area contributed by atoms with Crippen molar-refractivity contribution in [3.05, 3.63) is 35.9 Å². The van der Waals surface area contributed by atoms with Crippen molar-refractivity contribution in [2.45, 2.75) is 19.1 Å². The second-order valence-corrected chi connectivity index (χ2v) is 7.66. The van der Waals surface area contributed by atoms with Gasteiger partial charge in [0.05, 0.1) is 18.8 Å². The summed E-state index contributed by atoms with van der Waals surface area (Å²) >= 11 is 0. The maximum Gasteiger partial charge on any atom is 0.279 e. The lowest BCUT2D eigenvalue weighted by Crippen LogP contribution is -2.49. The Labute approximate surface area is 144 Å². The average Bonchev–Trinajstić information content (AvgIpc) is 2.59. The van der Waals surface area contributed by atoms with Crippen molar-refractivity contribution in [1.82, 2.24) is 13.9 Å². The second-order valence-electron chi connectivity index (χ2n) is 5.80. The number of nitriles is 1. The Kier molecular flexibility index (Phi) is 7.15. The predicted octanol–water partition coefficient (Wildman–Crippen LogP) is 0.567. The van der Waals surface area contributed by atoms with Crippen LogP contribution in [0.5, 0.6) is 0 Å². The summed E-state index contributed by atoms with van der Waals surface area (Å²) in [5.41, 5.74) is 1.23. The molecule has 0 aliphatic carbocycles. The number of nitrogens with one attached hydrogen (secondary N) is 1. The summed E-state index contributed by atoms with van der Waals surface area (Å²) < 4.78 is 33.6. The minimum Gasteiger partial charge on any atom is -0.374 e. The molecule has 132 valence electrons. The molecule has 0 aromatic heterocycles. The summed E-state index contributed by atoms with van der Waals surface area (Å²) in [6.07, 6.45) is -0.0102. The Balaban J connectivity index is 1.81. The molecule has 2 rings (SSSR count). The van der Waals surface area contributed by atoms with Gasteiger partial charge in [0.2, 0.25) is 0 Å². The summed E-state index contributed by atoms with van der Waals surface area (Å²) in [5.74, 6) is 0. The minimum atomic E-state index is -3.57. The molecule has 1 fully saturated rings. The van der Waals surface area contributed by atoms with E-state index in [0.29, 0.717) is 13.2 Å². The minimum absolute atomic E-state index is 0.169. The highest BCUT2D eigenvalue weighted by Gasteiger charge is 2.24. The van der Waals surface area contributed by atoms with Crippen molar-refractivity contribution in [3.63, 3.8) is 0 Å². The number of rotatable bonds is 8. The van der Waals surface area contributed by atoms with Gasteiger partial charge in [0, 0.05) is 46.2 Å². The zero-order valence-corrected chi connectivity index (χ0v) is 14.7. The molecule has 1 saturated heterocycles. The van der Waals surface area contributed by atoms with Crippen molar-refractivity contribution in [2.75, 3.05) is 39.8 Å². The fourth-order valence-corrected chi connectivity index (χ4v) is 3.47. The van der Waals surface area contributed by atoms with Crippen molar-refractivity contribution in [2.24, 2.45) is 0 Å². The van der Waals surface area contributed by atoms with Gasteiger partial charge in [-0.2, -0.15) is 22.7 Å². The highest BCUT2D eigenvalue weighted by atomic mass is 32.2. The molecule has 1 aliphatic rings. The van der Waals surface area contributed by atoms with Crippen LogP contribution >= 0.6 is 0 Å². The van der Waals surface area contributed by atoms with Gasteiger partial charge in [-0.05, 0) is 5.56 Å². The molecule has 1 unspecified atom stereocenters. The molecule has 8 heteroatoms. The summed E-state index contributed by atoms with van der Waals surface area (Å²) in [5, 5.41) is 8.55. The second kappa shape index (κ2) is 9.11. The Hall–Kier alpha value is -1.50. The third kappa shape index (κ3) is 5.85. The summed E-state index contributed by atoms with van der Waals surface area (Å²) in [6.45, 7) is 3.33. The van der Waals surface area contributed by atoms with Crippen LogP contribution in [0.25, 0.3) is 0 Å². The van der Waals surface area contributed by atoms with Crippen LogP contribution in [0.4, 0.5) is 0 Å². The van der Waals surface area contributed by atoms with Crippen molar-refractivity contribution in [3.8, 4) is 6.07 Å². The molecule has 0 radical (unpaired) electrons. The molecule has 1 heterocycles. The van der Waals surface area contributed by atoms with Crippen LogP contribution in [0.15, 0.2) is 30.3 Å². The van der Waals surface area contributed by atoms with Crippen LogP contribution < -0.4 is 4.72 Å². The number of hydrogen-bond donors (Lipinski definition) is 1. The lowest BCUT2D eigenvalue weighted by Gasteiger charge is -2.33. The highest BCUT2D eigenvalue weighted by Crippen LogP contribution is 2.10. The summed E-state index contributed by atoms with van der Waals surface area (Å²) in [6, 6.07) is 12.1. The average molecular weight is 352 g/mol. The van der Waals surface area contributed by atoms with Crippen LogP contribution in [0.2, 0.25) is 0 Å². The molecule has 0 saturated carbocycles. The van der Waals surface area contributed by atoms with Gasteiger partial charge in [-0.25, -0.2) is 0 Å². The van der Waals surface area contributed by atoms with Gasteiger partial charge >= 0.3 is 0 Å². The van der Waals surface area contributed by atoms with E-state index in [2.05, 4.69) is 21.8 Å². The zero-order chi connectivity index (χ0) is 17.4. The van der Waals surface area contributed by atoms with Crippen LogP contribution in [-0.4, -0.2) is 63.6 Å². The maximum atomic E-state index is 12.1. The van der Waals surface area contributed by atoms with Gasteiger partial charge in [-0.15, -0.1) is 0 Å². The number of hydrogen-bond acceptors (Lipinski definition) is 5. The van der Waals surface area contributed by atoms with Crippen LogP contribution in [0, 0.1) is 11.3 Å². The van der Waals surface area contributed by atoms with E-state index in [1.807, 2.05) is 24.3 Å². The molecule has 0 amide bonds. The van der Waals surface area contributed by atoms with E-state index in [1.165, 1.54) is 12.6 Å². The van der Waals surface area contributed by atoms with Crippen molar-refractivity contribution in [1.29, 1.82) is 5.26 Å². The Morgan fingerprint density at radius 2 is 2.17 bits per heavy atom. The molecular weight excluding hydrogens is 328 g/mol. The van der Waals surface area contributed by atoms with E-state index >= 15 is 0 Å². The van der Waals surface area contributed by atoms with Gasteiger partial charge < -0.3 is 4.74 Å². The van der Waals surface area contributed by atoms with Crippen molar-refractivity contribution >= 4 is 10.2 Å². The SMILES string of the molecule is CN(CCC#N)S(=O)(=O)NCC1CN(Cc2ccccc2)CCO1. The third-order valence-electron chi connectivity index (χ3n) is 3.91. The first-order chi connectivity index (χ1) is 11.5. The molecule has 1 aromatic rings. The van der Waals surface area contributed by atoms with E-state index in [4.69, 9.17) is 10.00 Å². The molecule has 1 aliphatic heterocycles. The Bertz CT molecular complexity index is 645. The molecule has 7 nitrogen and oxygen atoms in total. The monoisotopic (exact) mass is 352 g/mol. The normalized spacial score (nSPS) is 19.3. The van der Waals surface area contributed by atoms with Crippen LogP contribution in [0.1, 0.15) is 12.0 Å². The van der Waals surface area contributed by atoms with E-state index in [-0.39, 0.29) is 25.6 Å². The number of morpholine rings is 1. The first kappa shape index (κ1) is 18.8.